The minimum atomic E-state index is -0.405. The molecule has 30 heavy (non-hydrogen) atoms. The maximum absolute atomic E-state index is 12.7. The summed E-state index contributed by atoms with van der Waals surface area (Å²) in [7, 11) is 0. The maximum atomic E-state index is 12.7. The van der Waals surface area contributed by atoms with Crippen molar-refractivity contribution < 1.29 is 18.7 Å². The Morgan fingerprint density at radius 2 is 1.87 bits per heavy atom. The van der Waals surface area contributed by atoms with E-state index in [0.717, 1.165) is 10.1 Å². The number of nitrogens with zero attached hydrogens (tertiary/aromatic N) is 2. The fraction of sp³-hybridized carbons (Fsp3) is 0.190. The molecule has 0 atom stereocenters. The van der Waals surface area contributed by atoms with Gasteiger partial charge in [-0.25, -0.2) is 0 Å². The van der Waals surface area contributed by atoms with E-state index in [1.54, 1.807) is 18.2 Å². The van der Waals surface area contributed by atoms with Crippen LogP contribution in [0.25, 0.3) is 21.5 Å². The lowest BCUT2D eigenvalue weighted by atomic mass is 10.2. The van der Waals surface area contributed by atoms with Crippen LogP contribution >= 0.6 is 22.9 Å². The summed E-state index contributed by atoms with van der Waals surface area (Å²) in [4.78, 5) is 13.0. The molecule has 1 N–H and O–H groups in total. The zero-order valence-corrected chi connectivity index (χ0v) is 17.8. The molecule has 0 spiro atoms. The maximum Gasteiger partial charge on any atom is 0.322 e. The Hall–Kier alpha value is -3.10. The SMILES string of the molecule is CCOc1ccc(-c2nnc(NC(=O)c3sc4ccccc4c3Cl)o2)cc1OCC. The van der Waals surface area contributed by atoms with E-state index in [2.05, 4.69) is 15.5 Å². The summed E-state index contributed by atoms with van der Waals surface area (Å²) < 4.78 is 17.7. The summed E-state index contributed by atoms with van der Waals surface area (Å²) in [6, 6.07) is 12.9. The van der Waals surface area contributed by atoms with Gasteiger partial charge in [0.15, 0.2) is 11.5 Å². The van der Waals surface area contributed by atoms with Gasteiger partial charge in [0.25, 0.3) is 5.91 Å². The van der Waals surface area contributed by atoms with E-state index in [-0.39, 0.29) is 11.9 Å². The van der Waals surface area contributed by atoms with E-state index in [0.29, 0.717) is 40.2 Å². The molecule has 2 heterocycles. The normalized spacial score (nSPS) is 10.9. The number of rotatable bonds is 7. The van der Waals surface area contributed by atoms with Crippen molar-refractivity contribution in [1.82, 2.24) is 10.2 Å². The molecule has 2 aromatic carbocycles. The number of anilines is 1. The Balaban J connectivity index is 1.56. The van der Waals surface area contributed by atoms with Gasteiger partial charge in [0.05, 0.1) is 18.2 Å². The predicted octanol–water partition coefficient (Wildman–Crippen LogP) is 5.65. The third kappa shape index (κ3) is 3.96. The van der Waals surface area contributed by atoms with Crippen molar-refractivity contribution in [3.8, 4) is 23.0 Å². The first kappa shape index (κ1) is 20.2. The van der Waals surface area contributed by atoms with Crippen molar-refractivity contribution in [3.05, 3.63) is 52.4 Å². The second kappa shape index (κ2) is 8.73. The molecule has 0 saturated heterocycles. The molecule has 0 aliphatic carbocycles. The van der Waals surface area contributed by atoms with Crippen LogP contribution in [0.15, 0.2) is 46.9 Å². The Morgan fingerprint density at radius 1 is 1.10 bits per heavy atom. The standard InChI is InChI=1S/C21H18ClN3O4S/c1-3-27-14-10-9-12(11-15(14)28-4-2)20-24-25-21(29-20)23-19(26)18-17(22)13-7-5-6-8-16(13)30-18/h5-11H,3-4H2,1-2H3,(H,23,25,26). The van der Waals surface area contributed by atoms with Gasteiger partial charge in [0, 0.05) is 15.6 Å². The number of amides is 1. The van der Waals surface area contributed by atoms with Crippen LogP contribution in [0.5, 0.6) is 11.5 Å². The van der Waals surface area contributed by atoms with Crippen LogP contribution in [-0.2, 0) is 0 Å². The summed E-state index contributed by atoms with van der Waals surface area (Å²) in [6.07, 6.45) is 0. The Labute approximate surface area is 181 Å². The number of thiophene rings is 1. The van der Waals surface area contributed by atoms with Gasteiger partial charge >= 0.3 is 6.01 Å². The lowest BCUT2D eigenvalue weighted by Gasteiger charge is -2.11. The number of halogens is 1. The molecule has 1 amide bonds. The minimum Gasteiger partial charge on any atom is -0.490 e. The first-order valence-corrected chi connectivity index (χ1v) is 10.5. The molecular weight excluding hydrogens is 426 g/mol. The molecule has 7 nitrogen and oxygen atoms in total. The van der Waals surface area contributed by atoms with E-state index in [1.807, 2.05) is 38.1 Å². The van der Waals surface area contributed by atoms with Crippen molar-refractivity contribution in [2.24, 2.45) is 0 Å². The van der Waals surface area contributed by atoms with Crippen LogP contribution in [0.3, 0.4) is 0 Å². The second-order valence-electron chi connectivity index (χ2n) is 6.14. The van der Waals surface area contributed by atoms with E-state index < -0.39 is 5.91 Å². The number of benzene rings is 2. The van der Waals surface area contributed by atoms with Crippen LogP contribution < -0.4 is 14.8 Å². The van der Waals surface area contributed by atoms with Gasteiger partial charge in [-0.05, 0) is 38.1 Å². The van der Waals surface area contributed by atoms with Gasteiger partial charge in [0.1, 0.15) is 4.88 Å². The van der Waals surface area contributed by atoms with Gasteiger partial charge in [-0.15, -0.1) is 16.4 Å². The summed E-state index contributed by atoms with van der Waals surface area (Å²) in [6.45, 7) is 4.81. The molecule has 4 rings (SSSR count). The Kier molecular flexibility index (Phi) is 5.87. The first-order chi connectivity index (χ1) is 14.6. The van der Waals surface area contributed by atoms with Gasteiger partial charge < -0.3 is 13.9 Å². The van der Waals surface area contributed by atoms with E-state index in [1.165, 1.54) is 11.3 Å². The number of carbonyl (C=O) groups excluding carboxylic acids is 1. The molecule has 0 radical (unpaired) electrons. The number of fused-ring (bicyclic) bond motifs is 1. The van der Waals surface area contributed by atoms with Crippen LogP contribution in [0, 0.1) is 0 Å². The molecule has 154 valence electrons. The number of hydrogen-bond donors (Lipinski definition) is 1. The third-order valence-electron chi connectivity index (χ3n) is 4.18. The molecule has 0 unspecified atom stereocenters. The molecule has 0 saturated carbocycles. The highest BCUT2D eigenvalue weighted by Crippen LogP contribution is 2.36. The van der Waals surface area contributed by atoms with E-state index in [4.69, 9.17) is 25.5 Å². The minimum absolute atomic E-state index is 0.0182. The summed E-state index contributed by atoms with van der Waals surface area (Å²) in [5.41, 5.74) is 0.648. The lowest BCUT2D eigenvalue weighted by Crippen LogP contribution is -2.10. The average molecular weight is 444 g/mol. The number of carbonyl (C=O) groups is 1. The average Bonchev–Trinajstić information content (AvgIpc) is 3.35. The van der Waals surface area contributed by atoms with E-state index in [9.17, 15) is 4.79 Å². The monoisotopic (exact) mass is 443 g/mol. The number of aromatic nitrogens is 2. The highest BCUT2D eigenvalue weighted by molar-refractivity contribution is 7.21. The number of hydrogen-bond acceptors (Lipinski definition) is 7. The highest BCUT2D eigenvalue weighted by Gasteiger charge is 2.20. The molecular formula is C21H18ClN3O4S. The number of nitrogens with one attached hydrogen (secondary N) is 1. The Morgan fingerprint density at radius 3 is 2.63 bits per heavy atom. The van der Waals surface area contributed by atoms with Gasteiger partial charge in [0.2, 0.25) is 5.89 Å². The van der Waals surface area contributed by atoms with Gasteiger partial charge in [-0.1, -0.05) is 34.9 Å². The third-order valence-corrected chi connectivity index (χ3v) is 5.85. The fourth-order valence-electron chi connectivity index (χ4n) is 2.89. The highest BCUT2D eigenvalue weighted by atomic mass is 35.5. The first-order valence-electron chi connectivity index (χ1n) is 9.32. The zero-order valence-electron chi connectivity index (χ0n) is 16.3. The fourth-order valence-corrected chi connectivity index (χ4v) is 4.30. The largest absolute Gasteiger partial charge is 0.490 e. The molecule has 4 aromatic rings. The van der Waals surface area contributed by atoms with E-state index >= 15 is 0 Å². The Bertz CT molecular complexity index is 1200. The quantitative estimate of drug-likeness (QED) is 0.397. The molecule has 0 aliphatic heterocycles. The van der Waals surface area contributed by atoms with Crippen LogP contribution in [0.4, 0.5) is 6.01 Å². The summed E-state index contributed by atoms with van der Waals surface area (Å²) in [5.74, 6) is 1.06. The lowest BCUT2D eigenvalue weighted by molar-refractivity contribution is 0.102. The molecule has 0 bridgehead atoms. The van der Waals surface area contributed by atoms with Gasteiger partial charge in [-0.2, -0.15) is 0 Å². The van der Waals surface area contributed by atoms with Crippen LogP contribution in [0.2, 0.25) is 5.02 Å². The smallest absolute Gasteiger partial charge is 0.322 e. The van der Waals surface area contributed by atoms with Crippen molar-refractivity contribution >= 4 is 44.9 Å². The molecule has 0 fully saturated rings. The predicted molar refractivity (Wildman–Crippen MR) is 117 cm³/mol. The van der Waals surface area contributed by atoms with Crippen LogP contribution in [0.1, 0.15) is 23.5 Å². The van der Waals surface area contributed by atoms with Crippen molar-refractivity contribution in [3.63, 3.8) is 0 Å². The molecule has 9 heteroatoms. The summed E-state index contributed by atoms with van der Waals surface area (Å²) >= 11 is 7.67. The van der Waals surface area contributed by atoms with Crippen molar-refractivity contribution in [2.45, 2.75) is 13.8 Å². The zero-order chi connectivity index (χ0) is 21.1. The topological polar surface area (TPSA) is 86.5 Å². The van der Waals surface area contributed by atoms with Crippen molar-refractivity contribution in [2.75, 3.05) is 18.5 Å². The summed E-state index contributed by atoms with van der Waals surface area (Å²) in [5, 5.41) is 11.8. The second-order valence-corrected chi connectivity index (χ2v) is 7.57. The number of ether oxygens (including phenoxy) is 2. The van der Waals surface area contributed by atoms with Crippen molar-refractivity contribution in [1.29, 1.82) is 0 Å². The van der Waals surface area contributed by atoms with Crippen LogP contribution in [-0.4, -0.2) is 29.3 Å². The molecule has 2 aromatic heterocycles. The molecule has 0 aliphatic rings. The van der Waals surface area contributed by atoms with Gasteiger partial charge in [-0.3, -0.25) is 10.1 Å².